The number of rotatable bonds is 3. The number of aryl methyl sites for hydroxylation is 1. The molecule has 0 unspecified atom stereocenters. The van der Waals surface area contributed by atoms with Crippen LogP contribution < -0.4 is 0 Å². The van der Waals surface area contributed by atoms with E-state index in [0.29, 0.717) is 10.2 Å². The van der Waals surface area contributed by atoms with E-state index < -0.39 is 18.8 Å². The molecule has 0 aliphatic rings. The third-order valence-electron chi connectivity index (χ3n) is 1.82. The lowest BCUT2D eigenvalue weighted by Crippen LogP contribution is -2.07. The standard InChI is InChI=1S/C9H8BrF2NO2/c1-4-2-5(9(11)12)6(3-7(14)15)13-8(4)10/h2,9H,3H2,1H3,(H,14,15). The van der Waals surface area contributed by atoms with Gasteiger partial charge >= 0.3 is 5.97 Å². The number of carbonyl (C=O) groups is 1. The molecule has 1 heterocycles. The number of hydrogen-bond acceptors (Lipinski definition) is 2. The Morgan fingerprint density at radius 2 is 2.27 bits per heavy atom. The number of hydrogen-bond donors (Lipinski definition) is 1. The van der Waals surface area contributed by atoms with E-state index in [1.165, 1.54) is 6.07 Å². The minimum Gasteiger partial charge on any atom is -0.481 e. The first-order valence-electron chi connectivity index (χ1n) is 4.07. The minimum absolute atomic E-state index is 0.102. The molecule has 0 atom stereocenters. The predicted octanol–water partition coefficient (Wildman–Crippen LogP) is 2.72. The lowest BCUT2D eigenvalue weighted by molar-refractivity contribution is -0.136. The second kappa shape index (κ2) is 4.65. The van der Waals surface area contributed by atoms with Crippen molar-refractivity contribution < 1.29 is 18.7 Å². The molecule has 6 heteroatoms. The first-order valence-corrected chi connectivity index (χ1v) is 4.87. The van der Waals surface area contributed by atoms with Gasteiger partial charge in [0.25, 0.3) is 6.43 Å². The van der Waals surface area contributed by atoms with Crippen molar-refractivity contribution in [3.63, 3.8) is 0 Å². The highest BCUT2D eigenvalue weighted by Crippen LogP contribution is 2.26. The predicted molar refractivity (Wildman–Crippen MR) is 53.0 cm³/mol. The zero-order valence-electron chi connectivity index (χ0n) is 7.80. The summed E-state index contributed by atoms with van der Waals surface area (Å²) in [5, 5.41) is 8.53. The molecule has 1 N–H and O–H groups in total. The summed E-state index contributed by atoms with van der Waals surface area (Å²) in [4.78, 5) is 14.2. The van der Waals surface area contributed by atoms with Crippen LogP contribution in [-0.2, 0) is 11.2 Å². The number of nitrogens with zero attached hydrogens (tertiary/aromatic N) is 1. The molecule has 1 aromatic rings. The monoisotopic (exact) mass is 279 g/mol. The van der Waals surface area contributed by atoms with Gasteiger partial charge in [0, 0.05) is 5.56 Å². The SMILES string of the molecule is Cc1cc(C(F)F)c(CC(=O)O)nc1Br. The third kappa shape index (κ3) is 2.95. The van der Waals surface area contributed by atoms with Crippen molar-refractivity contribution in [2.24, 2.45) is 0 Å². The molecule has 0 aliphatic carbocycles. The average molecular weight is 280 g/mol. The van der Waals surface area contributed by atoms with Gasteiger partial charge in [-0.15, -0.1) is 0 Å². The summed E-state index contributed by atoms with van der Waals surface area (Å²) in [5.41, 5.74) is 0.132. The first-order chi connectivity index (χ1) is 6.91. The van der Waals surface area contributed by atoms with Crippen LogP contribution in [0.2, 0.25) is 0 Å². The van der Waals surface area contributed by atoms with Crippen LogP contribution in [-0.4, -0.2) is 16.1 Å². The van der Waals surface area contributed by atoms with Crippen LogP contribution in [0.5, 0.6) is 0 Å². The molecule has 82 valence electrons. The number of alkyl halides is 2. The number of aromatic nitrogens is 1. The summed E-state index contributed by atoms with van der Waals surface area (Å²) in [6, 6.07) is 1.25. The highest BCUT2D eigenvalue weighted by atomic mass is 79.9. The molecule has 1 aromatic heterocycles. The maximum Gasteiger partial charge on any atom is 0.309 e. The molecule has 0 saturated carbocycles. The minimum atomic E-state index is -2.71. The van der Waals surface area contributed by atoms with E-state index in [-0.39, 0.29) is 11.3 Å². The number of aliphatic carboxylic acids is 1. The largest absolute Gasteiger partial charge is 0.481 e. The summed E-state index contributed by atoms with van der Waals surface area (Å²) in [6.45, 7) is 1.62. The van der Waals surface area contributed by atoms with Crippen molar-refractivity contribution in [2.45, 2.75) is 19.8 Å². The van der Waals surface area contributed by atoms with Crippen molar-refractivity contribution in [2.75, 3.05) is 0 Å². The van der Waals surface area contributed by atoms with Gasteiger partial charge in [-0.2, -0.15) is 0 Å². The molecule has 0 radical (unpaired) electrons. The Hall–Kier alpha value is -1.04. The number of halogens is 3. The highest BCUT2D eigenvalue weighted by Gasteiger charge is 2.18. The number of pyridine rings is 1. The van der Waals surface area contributed by atoms with Crippen LogP contribution in [0.15, 0.2) is 10.7 Å². The summed E-state index contributed by atoms with van der Waals surface area (Å²) in [7, 11) is 0. The second-order valence-corrected chi connectivity index (χ2v) is 3.75. The van der Waals surface area contributed by atoms with E-state index >= 15 is 0 Å². The van der Waals surface area contributed by atoms with Crippen LogP contribution in [0.4, 0.5) is 8.78 Å². The molecule has 0 aromatic carbocycles. The maximum atomic E-state index is 12.5. The van der Waals surface area contributed by atoms with Crippen LogP contribution in [0.1, 0.15) is 23.2 Å². The molecular formula is C9H8BrF2NO2. The number of carboxylic acids is 1. The van der Waals surface area contributed by atoms with Crippen molar-refractivity contribution in [3.05, 3.63) is 27.5 Å². The molecule has 3 nitrogen and oxygen atoms in total. The van der Waals surface area contributed by atoms with Crippen molar-refractivity contribution >= 4 is 21.9 Å². The third-order valence-corrected chi connectivity index (χ3v) is 2.62. The Morgan fingerprint density at radius 1 is 1.67 bits per heavy atom. The normalized spacial score (nSPS) is 10.7. The second-order valence-electron chi connectivity index (χ2n) is 3.00. The molecule has 0 saturated heterocycles. The van der Waals surface area contributed by atoms with Gasteiger partial charge in [-0.05, 0) is 34.5 Å². The van der Waals surface area contributed by atoms with Gasteiger partial charge in [-0.25, -0.2) is 13.8 Å². The average Bonchev–Trinajstić information content (AvgIpc) is 2.09. The van der Waals surface area contributed by atoms with Gasteiger partial charge in [0.15, 0.2) is 0 Å². The molecule has 0 spiro atoms. The van der Waals surface area contributed by atoms with Gasteiger partial charge in [0.05, 0.1) is 12.1 Å². The Morgan fingerprint density at radius 3 is 2.73 bits per heavy atom. The lowest BCUT2D eigenvalue weighted by atomic mass is 10.1. The molecule has 0 fully saturated rings. The topological polar surface area (TPSA) is 50.2 Å². The van der Waals surface area contributed by atoms with E-state index in [0.717, 1.165) is 0 Å². The van der Waals surface area contributed by atoms with Crippen molar-refractivity contribution in [3.8, 4) is 0 Å². The van der Waals surface area contributed by atoms with Gasteiger partial charge in [-0.1, -0.05) is 0 Å². The zero-order valence-corrected chi connectivity index (χ0v) is 9.38. The van der Waals surface area contributed by atoms with Gasteiger partial charge in [0.2, 0.25) is 0 Å². The zero-order chi connectivity index (χ0) is 11.6. The van der Waals surface area contributed by atoms with Crippen molar-refractivity contribution in [1.82, 2.24) is 4.98 Å². The van der Waals surface area contributed by atoms with E-state index in [1.54, 1.807) is 6.92 Å². The molecule has 1 rings (SSSR count). The first kappa shape index (κ1) is 12.0. The molecule has 15 heavy (non-hydrogen) atoms. The van der Waals surface area contributed by atoms with E-state index in [9.17, 15) is 13.6 Å². The van der Waals surface area contributed by atoms with Crippen LogP contribution >= 0.6 is 15.9 Å². The smallest absolute Gasteiger partial charge is 0.309 e. The van der Waals surface area contributed by atoms with E-state index in [4.69, 9.17) is 5.11 Å². The van der Waals surface area contributed by atoms with Gasteiger partial charge in [0.1, 0.15) is 4.60 Å². The fourth-order valence-electron chi connectivity index (χ4n) is 1.12. The van der Waals surface area contributed by atoms with Gasteiger partial charge in [-0.3, -0.25) is 4.79 Å². The maximum absolute atomic E-state index is 12.5. The Balaban J connectivity index is 3.21. The Kier molecular flexibility index (Phi) is 3.73. The quantitative estimate of drug-likeness (QED) is 0.866. The summed E-state index contributed by atoms with van der Waals surface area (Å²) in [5.74, 6) is -1.18. The molecule has 0 amide bonds. The van der Waals surface area contributed by atoms with E-state index in [2.05, 4.69) is 20.9 Å². The van der Waals surface area contributed by atoms with Crippen LogP contribution in [0, 0.1) is 6.92 Å². The Labute approximate surface area is 93.3 Å². The van der Waals surface area contributed by atoms with Gasteiger partial charge < -0.3 is 5.11 Å². The summed E-state index contributed by atoms with van der Waals surface area (Å²) >= 11 is 3.07. The summed E-state index contributed by atoms with van der Waals surface area (Å²) < 4.78 is 25.5. The number of carboxylic acid groups (broad SMARTS) is 1. The van der Waals surface area contributed by atoms with Crippen LogP contribution in [0.3, 0.4) is 0 Å². The van der Waals surface area contributed by atoms with E-state index in [1.807, 2.05) is 0 Å². The molecule has 0 bridgehead atoms. The molecule has 0 aliphatic heterocycles. The van der Waals surface area contributed by atoms with Crippen molar-refractivity contribution in [1.29, 1.82) is 0 Å². The Bertz CT molecular complexity index is 396. The lowest BCUT2D eigenvalue weighted by Gasteiger charge is -2.08. The fraction of sp³-hybridized carbons (Fsp3) is 0.333. The molecular weight excluding hydrogens is 272 g/mol. The summed E-state index contributed by atoms with van der Waals surface area (Å²) in [6.07, 6.45) is -3.21. The van der Waals surface area contributed by atoms with Crippen LogP contribution in [0.25, 0.3) is 0 Å². The highest BCUT2D eigenvalue weighted by molar-refractivity contribution is 9.10. The fourth-order valence-corrected chi connectivity index (χ4v) is 1.45.